The molecule has 0 aromatic heterocycles. The highest BCUT2D eigenvalue weighted by atomic mass is 79.9. The third-order valence-corrected chi connectivity index (χ3v) is 5.03. The van der Waals surface area contributed by atoms with Crippen LogP contribution < -0.4 is 0 Å². The summed E-state index contributed by atoms with van der Waals surface area (Å²) in [5.74, 6) is 0. The van der Waals surface area contributed by atoms with Gasteiger partial charge >= 0.3 is 0 Å². The normalized spacial score (nSPS) is 9.75. The Labute approximate surface area is 175 Å². The molecule has 0 radical (unpaired) electrons. The minimum Gasteiger partial charge on any atom is -0.258 e. The van der Waals surface area contributed by atoms with Crippen LogP contribution in [0, 0.1) is 34.1 Å². The second kappa shape index (κ2) is 12.2. The summed E-state index contributed by atoms with van der Waals surface area (Å²) >= 11 is 3.30. The Morgan fingerprint density at radius 3 is 1.82 bits per heavy atom. The van der Waals surface area contributed by atoms with Crippen molar-refractivity contribution in [2.45, 2.75) is 60.8 Å². The number of nitro groups is 2. The largest absolute Gasteiger partial charge is 0.276 e. The van der Waals surface area contributed by atoms with Crippen LogP contribution >= 0.6 is 15.9 Å². The first-order valence-electron chi connectivity index (χ1n) is 8.89. The molecule has 2 rings (SSSR count). The number of hydrogen-bond donors (Lipinski definition) is 0. The predicted molar refractivity (Wildman–Crippen MR) is 118 cm³/mol. The smallest absolute Gasteiger partial charge is 0.258 e. The van der Waals surface area contributed by atoms with Crippen LogP contribution in [0.5, 0.6) is 0 Å². The van der Waals surface area contributed by atoms with E-state index < -0.39 is 0 Å². The minimum absolute atomic E-state index is 0. The topological polar surface area (TPSA) is 86.3 Å². The molecule has 0 saturated carbocycles. The molecule has 0 heterocycles. The Balaban J connectivity index is 0.000000504. The van der Waals surface area contributed by atoms with Crippen LogP contribution in [0.1, 0.15) is 56.4 Å². The first-order chi connectivity index (χ1) is 12.7. The summed E-state index contributed by atoms with van der Waals surface area (Å²) in [5, 5.41) is 21.6. The first kappa shape index (κ1) is 25.7. The van der Waals surface area contributed by atoms with Crippen molar-refractivity contribution in [1.29, 1.82) is 0 Å². The van der Waals surface area contributed by atoms with Gasteiger partial charge in [0, 0.05) is 26.7 Å². The second-order valence-electron chi connectivity index (χ2n) is 6.28. The van der Waals surface area contributed by atoms with Crippen LogP contribution in [0.3, 0.4) is 0 Å². The van der Waals surface area contributed by atoms with E-state index in [4.69, 9.17) is 0 Å². The maximum atomic E-state index is 10.9. The molecule has 6 nitrogen and oxygen atoms in total. The van der Waals surface area contributed by atoms with E-state index in [0.29, 0.717) is 5.56 Å². The number of rotatable bonds is 6. The van der Waals surface area contributed by atoms with Gasteiger partial charge in [0.25, 0.3) is 11.4 Å². The predicted octanol–water partition coefficient (Wildman–Crippen LogP) is 7.11. The summed E-state index contributed by atoms with van der Waals surface area (Å²) in [4.78, 5) is 21.0. The van der Waals surface area contributed by atoms with Crippen LogP contribution in [-0.2, 0) is 12.8 Å². The molecular weight excluding hydrogens is 424 g/mol. The van der Waals surface area contributed by atoms with E-state index in [-0.39, 0.29) is 28.6 Å². The van der Waals surface area contributed by atoms with Gasteiger partial charge in [-0.2, -0.15) is 0 Å². The zero-order valence-electron chi connectivity index (χ0n) is 16.1. The summed E-state index contributed by atoms with van der Waals surface area (Å²) in [6.45, 7) is 7.58. The molecule has 0 aliphatic carbocycles. The summed E-state index contributed by atoms with van der Waals surface area (Å²) in [7, 11) is 0. The van der Waals surface area contributed by atoms with Gasteiger partial charge in [-0.15, -0.1) is 0 Å². The molecule has 0 spiro atoms. The van der Waals surface area contributed by atoms with Crippen molar-refractivity contribution in [3.8, 4) is 0 Å². The molecule has 2 aromatic rings. The second-order valence-corrected chi connectivity index (χ2v) is 7.13. The zero-order valence-corrected chi connectivity index (χ0v) is 17.7. The van der Waals surface area contributed by atoms with Gasteiger partial charge in [-0.25, -0.2) is 0 Å². The highest BCUT2D eigenvalue weighted by Crippen LogP contribution is 2.30. The molecule has 0 saturated heterocycles. The molecule has 28 heavy (non-hydrogen) atoms. The van der Waals surface area contributed by atoms with E-state index in [2.05, 4.69) is 15.9 Å². The van der Waals surface area contributed by atoms with Crippen molar-refractivity contribution in [2.75, 3.05) is 0 Å². The lowest BCUT2D eigenvalue weighted by molar-refractivity contribution is -0.386. The number of para-hydroxylation sites is 1. The Kier molecular flexibility index (Phi) is 11.2. The molecule has 0 amide bonds. The Bertz CT molecular complexity index is 822. The van der Waals surface area contributed by atoms with Crippen LogP contribution in [0.2, 0.25) is 0 Å². The van der Waals surface area contributed by atoms with E-state index in [1.54, 1.807) is 19.9 Å². The van der Waals surface area contributed by atoms with Gasteiger partial charge in [0.05, 0.1) is 9.85 Å². The molecule has 7 heteroatoms. The fourth-order valence-corrected chi connectivity index (χ4v) is 3.23. The van der Waals surface area contributed by atoms with Crippen molar-refractivity contribution in [3.05, 3.63) is 77.3 Å². The average Bonchev–Trinajstić information content (AvgIpc) is 2.59. The molecule has 0 fully saturated rings. The number of nitrogens with zero attached hydrogens (tertiary/aromatic N) is 2. The maximum Gasteiger partial charge on any atom is 0.276 e. The van der Waals surface area contributed by atoms with Gasteiger partial charge in [-0.05, 0) is 32.8 Å². The van der Waals surface area contributed by atoms with Crippen molar-refractivity contribution in [3.63, 3.8) is 0 Å². The molecule has 0 aliphatic rings. The quantitative estimate of drug-likeness (QED) is 0.344. The molecule has 154 valence electrons. The summed E-state index contributed by atoms with van der Waals surface area (Å²) in [5.41, 5.74) is 3.65. The number of halogens is 1. The molecular formula is C21H29BrN2O4. The van der Waals surface area contributed by atoms with Crippen LogP contribution in [0.25, 0.3) is 0 Å². The Morgan fingerprint density at radius 2 is 1.36 bits per heavy atom. The molecule has 0 atom stereocenters. The standard InChI is InChI=1S/C10H12BrNO2.C10H13NO2.CH4/c1-3-4-8-5-6-9(11)7(2)10(8)12(13)14;1-3-5-9-7-4-6-8(2)10(9)11(12)13;/h5-6H,3-4H2,1-2H3;4,6-7H,3,5H2,1-2H3;1H4. The van der Waals surface area contributed by atoms with E-state index in [1.165, 1.54) is 0 Å². The van der Waals surface area contributed by atoms with Crippen molar-refractivity contribution in [2.24, 2.45) is 0 Å². The molecule has 0 aliphatic heterocycles. The first-order valence-corrected chi connectivity index (χ1v) is 9.69. The fourth-order valence-electron chi connectivity index (χ4n) is 2.91. The van der Waals surface area contributed by atoms with E-state index in [0.717, 1.165) is 46.8 Å². The monoisotopic (exact) mass is 452 g/mol. The molecule has 0 unspecified atom stereocenters. The van der Waals surface area contributed by atoms with Gasteiger partial charge in [-0.3, -0.25) is 20.2 Å². The van der Waals surface area contributed by atoms with Gasteiger partial charge in [0.1, 0.15) is 0 Å². The summed E-state index contributed by atoms with van der Waals surface area (Å²) in [6.07, 6.45) is 3.38. The fraction of sp³-hybridized carbons (Fsp3) is 0.429. The number of benzene rings is 2. The van der Waals surface area contributed by atoms with E-state index in [1.807, 2.05) is 38.1 Å². The van der Waals surface area contributed by atoms with E-state index in [9.17, 15) is 20.2 Å². The summed E-state index contributed by atoms with van der Waals surface area (Å²) in [6, 6.07) is 9.16. The van der Waals surface area contributed by atoms with Gasteiger partial charge in [-0.1, -0.05) is 74.3 Å². The number of hydrogen-bond acceptors (Lipinski definition) is 4. The van der Waals surface area contributed by atoms with Gasteiger partial charge in [0.15, 0.2) is 0 Å². The van der Waals surface area contributed by atoms with Crippen LogP contribution in [0.15, 0.2) is 34.8 Å². The van der Waals surface area contributed by atoms with Crippen LogP contribution in [0.4, 0.5) is 11.4 Å². The zero-order chi connectivity index (χ0) is 20.6. The van der Waals surface area contributed by atoms with Crippen molar-refractivity contribution >= 4 is 27.3 Å². The molecule has 0 bridgehead atoms. The van der Waals surface area contributed by atoms with Gasteiger partial charge in [0.2, 0.25) is 0 Å². The number of nitro benzene ring substituents is 2. The Hall–Kier alpha value is -2.28. The SMILES string of the molecule is C.CCCc1ccc(Br)c(C)c1[N+](=O)[O-].CCCc1cccc(C)c1[N+](=O)[O-]. The average molecular weight is 453 g/mol. The highest BCUT2D eigenvalue weighted by Gasteiger charge is 2.18. The molecule has 0 N–H and O–H groups in total. The maximum absolute atomic E-state index is 10.9. The highest BCUT2D eigenvalue weighted by molar-refractivity contribution is 9.10. The summed E-state index contributed by atoms with van der Waals surface area (Å²) < 4.78 is 0.795. The lowest BCUT2D eigenvalue weighted by atomic mass is 10.0. The minimum atomic E-state index is -0.301. The van der Waals surface area contributed by atoms with Crippen molar-refractivity contribution < 1.29 is 9.85 Å². The van der Waals surface area contributed by atoms with E-state index >= 15 is 0 Å². The van der Waals surface area contributed by atoms with Gasteiger partial charge < -0.3 is 0 Å². The lowest BCUT2D eigenvalue weighted by Gasteiger charge is -2.05. The lowest BCUT2D eigenvalue weighted by Crippen LogP contribution is -1.98. The van der Waals surface area contributed by atoms with Crippen molar-refractivity contribution in [1.82, 2.24) is 0 Å². The Morgan fingerprint density at radius 1 is 0.857 bits per heavy atom. The molecule has 2 aromatic carbocycles. The third kappa shape index (κ3) is 6.71. The van der Waals surface area contributed by atoms with Crippen LogP contribution in [-0.4, -0.2) is 9.85 Å². The third-order valence-electron chi connectivity index (χ3n) is 4.17. The number of aryl methyl sites for hydroxylation is 3.